The van der Waals surface area contributed by atoms with Gasteiger partial charge in [0, 0.05) is 18.0 Å². The summed E-state index contributed by atoms with van der Waals surface area (Å²) in [6.07, 6.45) is 0.600. The zero-order valence-corrected chi connectivity index (χ0v) is 18.6. The van der Waals surface area contributed by atoms with Crippen molar-refractivity contribution >= 4 is 29.1 Å². The summed E-state index contributed by atoms with van der Waals surface area (Å²) in [7, 11) is 1.25. The Kier molecular flexibility index (Phi) is 6.80. The lowest BCUT2D eigenvalue weighted by Crippen LogP contribution is -2.45. The van der Waals surface area contributed by atoms with Gasteiger partial charge in [-0.1, -0.05) is 12.1 Å². The Morgan fingerprint density at radius 3 is 2.20 bits per heavy atom. The molecule has 0 spiro atoms. The van der Waals surface area contributed by atoms with Crippen LogP contribution in [0.5, 0.6) is 0 Å². The second-order valence-corrected chi connectivity index (χ2v) is 8.99. The summed E-state index contributed by atoms with van der Waals surface area (Å²) >= 11 is 0. The number of rotatable bonds is 4. The Hall–Kier alpha value is -3.03. The van der Waals surface area contributed by atoms with Gasteiger partial charge in [0.2, 0.25) is 0 Å². The topological polar surface area (TPSA) is 95.9 Å². The number of carbonyl (C=O) groups is 3. The zero-order chi connectivity index (χ0) is 22.7. The molecular formula is C22H30N2O6. The monoisotopic (exact) mass is 418 g/mol. The van der Waals surface area contributed by atoms with E-state index in [4.69, 9.17) is 14.2 Å². The molecule has 0 radical (unpaired) electrons. The third kappa shape index (κ3) is 6.50. The van der Waals surface area contributed by atoms with E-state index in [-0.39, 0.29) is 6.42 Å². The molecule has 30 heavy (non-hydrogen) atoms. The first-order chi connectivity index (χ1) is 13.8. The highest BCUT2D eigenvalue weighted by Gasteiger charge is 2.26. The molecule has 0 saturated heterocycles. The molecule has 2 rings (SSSR count). The second-order valence-electron chi connectivity index (χ2n) is 8.99. The molecule has 1 atom stereocenters. The summed E-state index contributed by atoms with van der Waals surface area (Å²) in [4.78, 5) is 36.8. The average molecular weight is 418 g/mol. The number of alkyl carbamates (subject to hydrolysis) is 1. The van der Waals surface area contributed by atoms with Crippen LogP contribution in [-0.2, 0) is 25.4 Å². The molecule has 0 unspecified atom stereocenters. The van der Waals surface area contributed by atoms with Crippen LogP contribution < -0.4 is 5.32 Å². The molecule has 0 aliphatic carbocycles. The van der Waals surface area contributed by atoms with Gasteiger partial charge in [0.25, 0.3) is 0 Å². The number of hydrogen-bond donors (Lipinski definition) is 1. The van der Waals surface area contributed by atoms with Gasteiger partial charge in [-0.2, -0.15) is 0 Å². The molecule has 2 aromatic rings. The molecule has 0 saturated carbocycles. The smallest absolute Gasteiger partial charge is 0.418 e. The average Bonchev–Trinajstić information content (AvgIpc) is 3.00. The Morgan fingerprint density at radius 2 is 1.63 bits per heavy atom. The van der Waals surface area contributed by atoms with Crippen LogP contribution in [0.25, 0.3) is 10.9 Å². The van der Waals surface area contributed by atoms with Crippen LogP contribution in [0.2, 0.25) is 0 Å². The summed E-state index contributed by atoms with van der Waals surface area (Å²) in [6.45, 7) is 10.6. The van der Waals surface area contributed by atoms with Crippen LogP contribution in [0.15, 0.2) is 30.5 Å². The molecule has 0 aliphatic heterocycles. The molecule has 1 heterocycles. The van der Waals surface area contributed by atoms with Crippen LogP contribution in [0.1, 0.15) is 47.1 Å². The van der Waals surface area contributed by atoms with Crippen molar-refractivity contribution in [1.82, 2.24) is 9.88 Å². The van der Waals surface area contributed by atoms with Crippen LogP contribution in [0, 0.1) is 0 Å². The number of aromatic nitrogens is 1. The normalized spacial score (nSPS) is 12.9. The second kappa shape index (κ2) is 8.77. The molecule has 0 bridgehead atoms. The summed E-state index contributed by atoms with van der Waals surface area (Å²) in [5, 5.41) is 3.40. The Bertz CT molecular complexity index is 933. The SMILES string of the molecule is COC(=O)[C@H](Cc1ccc2ccn(C(=O)OC(C)(C)C)c2c1)NC(=O)OC(C)(C)C. The van der Waals surface area contributed by atoms with E-state index in [1.54, 1.807) is 59.9 Å². The highest BCUT2D eigenvalue weighted by molar-refractivity contribution is 5.90. The summed E-state index contributed by atoms with van der Waals surface area (Å²) in [5.74, 6) is -0.594. The fraction of sp³-hybridized carbons (Fsp3) is 0.500. The van der Waals surface area contributed by atoms with Crippen molar-refractivity contribution in [3.63, 3.8) is 0 Å². The number of nitrogens with zero attached hydrogens (tertiary/aromatic N) is 1. The van der Waals surface area contributed by atoms with E-state index in [0.29, 0.717) is 5.52 Å². The fourth-order valence-electron chi connectivity index (χ4n) is 2.79. The first-order valence-corrected chi connectivity index (χ1v) is 9.70. The Morgan fingerprint density at radius 1 is 1.00 bits per heavy atom. The maximum atomic E-state index is 12.5. The third-order valence-electron chi connectivity index (χ3n) is 3.96. The highest BCUT2D eigenvalue weighted by atomic mass is 16.6. The van der Waals surface area contributed by atoms with Gasteiger partial charge in [-0.3, -0.25) is 4.57 Å². The number of hydrogen-bond acceptors (Lipinski definition) is 6. The number of esters is 1. The number of carbonyl (C=O) groups excluding carboxylic acids is 3. The lowest BCUT2D eigenvalue weighted by atomic mass is 10.0. The van der Waals surface area contributed by atoms with E-state index < -0.39 is 35.4 Å². The molecule has 1 aromatic carbocycles. The van der Waals surface area contributed by atoms with E-state index in [0.717, 1.165) is 10.9 Å². The number of ether oxygens (including phenoxy) is 3. The predicted molar refractivity (Wildman–Crippen MR) is 112 cm³/mol. The molecule has 8 heteroatoms. The van der Waals surface area contributed by atoms with Crippen molar-refractivity contribution in [3.8, 4) is 0 Å². The molecule has 164 valence electrons. The first kappa shape index (κ1) is 23.3. The van der Waals surface area contributed by atoms with Crippen LogP contribution in [0.3, 0.4) is 0 Å². The van der Waals surface area contributed by atoms with Gasteiger partial charge in [-0.05, 0) is 59.2 Å². The first-order valence-electron chi connectivity index (χ1n) is 9.70. The van der Waals surface area contributed by atoms with Gasteiger partial charge in [-0.15, -0.1) is 0 Å². The summed E-state index contributed by atoms with van der Waals surface area (Å²) < 4.78 is 16.9. The van der Waals surface area contributed by atoms with Crippen molar-refractivity contribution in [1.29, 1.82) is 0 Å². The molecule has 0 fully saturated rings. The molecule has 8 nitrogen and oxygen atoms in total. The minimum Gasteiger partial charge on any atom is -0.467 e. The van der Waals surface area contributed by atoms with Gasteiger partial charge in [0.1, 0.15) is 17.2 Å². The minimum atomic E-state index is -0.938. The minimum absolute atomic E-state index is 0.168. The quantitative estimate of drug-likeness (QED) is 0.595. The van der Waals surface area contributed by atoms with Crippen molar-refractivity contribution < 1.29 is 28.6 Å². The molecular weight excluding hydrogens is 388 g/mol. The maximum Gasteiger partial charge on any atom is 0.418 e. The summed E-state index contributed by atoms with van der Waals surface area (Å²) in [6, 6.07) is 6.32. The van der Waals surface area contributed by atoms with E-state index in [1.807, 2.05) is 12.1 Å². The van der Waals surface area contributed by atoms with Gasteiger partial charge >= 0.3 is 18.2 Å². The standard InChI is InChI=1S/C22H30N2O6/c1-21(2,3)29-19(26)23-16(18(25)28-7)12-14-8-9-15-10-11-24(17(15)13-14)20(27)30-22(4,5)6/h8-11,13,16H,12H2,1-7H3,(H,23,26)/t16-/m0/s1. The van der Waals surface area contributed by atoms with E-state index in [1.165, 1.54) is 11.7 Å². The van der Waals surface area contributed by atoms with Crippen molar-refractivity contribution in [2.45, 2.75) is 65.2 Å². The van der Waals surface area contributed by atoms with Crippen LogP contribution in [0.4, 0.5) is 9.59 Å². The van der Waals surface area contributed by atoms with Gasteiger partial charge < -0.3 is 19.5 Å². The number of nitrogens with one attached hydrogen (secondary N) is 1. The van der Waals surface area contributed by atoms with E-state index >= 15 is 0 Å². The van der Waals surface area contributed by atoms with Gasteiger partial charge in [0.15, 0.2) is 0 Å². The van der Waals surface area contributed by atoms with Gasteiger partial charge in [0.05, 0.1) is 12.6 Å². The maximum absolute atomic E-state index is 12.5. The van der Waals surface area contributed by atoms with Crippen molar-refractivity contribution in [2.75, 3.05) is 7.11 Å². The third-order valence-corrected chi connectivity index (χ3v) is 3.96. The predicted octanol–water partition coefficient (Wildman–Crippen LogP) is 4.03. The molecule has 1 aromatic heterocycles. The highest BCUT2D eigenvalue weighted by Crippen LogP contribution is 2.21. The molecule has 0 aliphatic rings. The fourth-order valence-corrected chi connectivity index (χ4v) is 2.79. The number of methoxy groups -OCH3 is 1. The van der Waals surface area contributed by atoms with Crippen LogP contribution in [-0.4, -0.2) is 47.1 Å². The molecule has 1 amide bonds. The van der Waals surface area contributed by atoms with E-state index in [9.17, 15) is 14.4 Å². The number of amides is 1. The van der Waals surface area contributed by atoms with Crippen LogP contribution >= 0.6 is 0 Å². The van der Waals surface area contributed by atoms with Gasteiger partial charge in [-0.25, -0.2) is 14.4 Å². The Balaban J connectivity index is 2.27. The lowest BCUT2D eigenvalue weighted by molar-refractivity contribution is -0.143. The number of benzene rings is 1. The van der Waals surface area contributed by atoms with Crippen molar-refractivity contribution in [3.05, 3.63) is 36.0 Å². The van der Waals surface area contributed by atoms with E-state index in [2.05, 4.69) is 5.32 Å². The zero-order valence-electron chi connectivity index (χ0n) is 18.6. The Labute approximate surface area is 176 Å². The van der Waals surface area contributed by atoms with Crippen molar-refractivity contribution in [2.24, 2.45) is 0 Å². The lowest BCUT2D eigenvalue weighted by Gasteiger charge is -2.22. The largest absolute Gasteiger partial charge is 0.467 e. The molecule has 1 N–H and O–H groups in total. The number of fused-ring (bicyclic) bond motifs is 1. The summed E-state index contributed by atoms with van der Waals surface area (Å²) in [5.41, 5.74) is 0.0522.